The molecule has 0 radical (unpaired) electrons. The third kappa shape index (κ3) is 7.61. The van der Waals surface area contributed by atoms with E-state index in [4.69, 9.17) is 4.74 Å². The van der Waals surface area contributed by atoms with E-state index >= 15 is 0 Å². The lowest BCUT2D eigenvalue weighted by atomic mass is 10.1. The first-order valence-electron chi connectivity index (χ1n) is 8.70. The van der Waals surface area contributed by atoms with Crippen molar-refractivity contribution in [3.8, 4) is 0 Å². The summed E-state index contributed by atoms with van der Waals surface area (Å²) in [6, 6.07) is 9.26. The standard InChI is InChI=1S/C20H23F2N3O3/c1-20(2,3)28-19(27)25-17-6-4-16(5-7-17)24-18(26)23-9-8-13-10-14(21)12-15(22)11-13/h4-7,10-12H,8-9H2,1-3H3,(H,25,27)(H2,23,24,26). The van der Waals surface area contributed by atoms with Gasteiger partial charge in [0.05, 0.1) is 0 Å². The summed E-state index contributed by atoms with van der Waals surface area (Å²) in [4.78, 5) is 23.6. The lowest BCUT2D eigenvalue weighted by molar-refractivity contribution is 0.0636. The number of anilines is 2. The van der Waals surface area contributed by atoms with Crippen molar-refractivity contribution in [3.05, 3.63) is 59.7 Å². The molecule has 0 spiro atoms. The van der Waals surface area contributed by atoms with Gasteiger partial charge in [0.1, 0.15) is 17.2 Å². The summed E-state index contributed by atoms with van der Waals surface area (Å²) in [6.45, 7) is 5.52. The van der Waals surface area contributed by atoms with E-state index in [1.165, 1.54) is 12.1 Å². The molecule has 2 rings (SSSR count). The molecule has 0 unspecified atom stereocenters. The van der Waals surface area contributed by atoms with Crippen LogP contribution in [0.2, 0.25) is 0 Å². The number of benzene rings is 2. The molecule has 0 heterocycles. The Morgan fingerprint density at radius 1 is 0.929 bits per heavy atom. The van der Waals surface area contributed by atoms with E-state index < -0.39 is 29.4 Å². The average molecular weight is 391 g/mol. The van der Waals surface area contributed by atoms with E-state index in [-0.39, 0.29) is 6.54 Å². The Morgan fingerprint density at radius 3 is 2.00 bits per heavy atom. The van der Waals surface area contributed by atoms with E-state index in [1.807, 2.05) is 0 Å². The van der Waals surface area contributed by atoms with Crippen molar-refractivity contribution < 1.29 is 23.1 Å². The van der Waals surface area contributed by atoms with Crippen molar-refractivity contribution in [3.63, 3.8) is 0 Å². The molecule has 0 fully saturated rings. The van der Waals surface area contributed by atoms with Crippen molar-refractivity contribution in [1.29, 1.82) is 0 Å². The summed E-state index contributed by atoms with van der Waals surface area (Å²) in [6.07, 6.45) is -0.277. The summed E-state index contributed by atoms with van der Waals surface area (Å²) in [5, 5.41) is 7.82. The van der Waals surface area contributed by atoms with Crippen LogP contribution in [0.4, 0.5) is 29.7 Å². The van der Waals surface area contributed by atoms with E-state index in [0.29, 0.717) is 23.4 Å². The molecule has 0 atom stereocenters. The van der Waals surface area contributed by atoms with Crippen molar-refractivity contribution >= 4 is 23.5 Å². The number of rotatable bonds is 5. The Balaban J connectivity index is 1.78. The topological polar surface area (TPSA) is 79.5 Å². The second-order valence-electron chi connectivity index (χ2n) is 7.11. The lowest BCUT2D eigenvalue weighted by Crippen LogP contribution is -2.30. The normalized spacial score (nSPS) is 10.9. The summed E-state index contributed by atoms with van der Waals surface area (Å²) >= 11 is 0. The maximum atomic E-state index is 13.1. The molecule has 28 heavy (non-hydrogen) atoms. The number of carbonyl (C=O) groups is 2. The van der Waals surface area contributed by atoms with Crippen LogP contribution in [0.1, 0.15) is 26.3 Å². The number of hydrogen-bond acceptors (Lipinski definition) is 3. The minimum atomic E-state index is -0.653. The third-order valence-corrected chi connectivity index (χ3v) is 3.41. The van der Waals surface area contributed by atoms with Crippen molar-refractivity contribution in [2.24, 2.45) is 0 Å². The molecule has 0 saturated carbocycles. The molecule has 0 saturated heterocycles. The summed E-state index contributed by atoms with van der Waals surface area (Å²) in [5.41, 5.74) is 0.897. The first-order chi connectivity index (χ1) is 13.1. The monoisotopic (exact) mass is 391 g/mol. The minimum Gasteiger partial charge on any atom is -0.444 e. The van der Waals surface area contributed by atoms with E-state index in [9.17, 15) is 18.4 Å². The number of hydrogen-bond donors (Lipinski definition) is 3. The van der Waals surface area contributed by atoms with Gasteiger partial charge in [-0.2, -0.15) is 0 Å². The highest BCUT2D eigenvalue weighted by Crippen LogP contribution is 2.15. The molecule has 150 valence electrons. The molecule has 3 amide bonds. The van der Waals surface area contributed by atoms with Crippen LogP contribution in [0, 0.1) is 11.6 Å². The van der Waals surface area contributed by atoms with Gasteiger partial charge in [-0.15, -0.1) is 0 Å². The Bertz CT molecular complexity index is 813. The predicted molar refractivity (Wildman–Crippen MR) is 103 cm³/mol. The van der Waals surface area contributed by atoms with Gasteiger partial charge in [-0.3, -0.25) is 5.32 Å². The number of amides is 3. The van der Waals surface area contributed by atoms with Crippen LogP contribution in [0.5, 0.6) is 0 Å². The Hall–Kier alpha value is -3.16. The summed E-state index contributed by atoms with van der Waals surface area (Å²) < 4.78 is 31.4. The van der Waals surface area contributed by atoms with Gasteiger partial charge >= 0.3 is 12.1 Å². The van der Waals surface area contributed by atoms with Gasteiger partial charge in [0, 0.05) is 24.0 Å². The van der Waals surface area contributed by atoms with Crippen LogP contribution in [0.15, 0.2) is 42.5 Å². The summed E-state index contributed by atoms with van der Waals surface area (Å²) in [5.74, 6) is -1.31. The minimum absolute atomic E-state index is 0.215. The fraction of sp³-hybridized carbons (Fsp3) is 0.300. The first-order valence-corrected chi connectivity index (χ1v) is 8.70. The predicted octanol–water partition coefficient (Wildman–Crippen LogP) is 4.68. The van der Waals surface area contributed by atoms with Gasteiger partial charge in [-0.1, -0.05) is 0 Å². The zero-order chi connectivity index (χ0) is 20.7. The molecule has 0 aliphatic rings. The van der Waals surface area contributed by atoms with E-state index in [2.05, 4.69) is 16.0 Å². The molecular formula is C20H23F2N3O3. The molecule has 0 aliphatic carbocycles. The zero-order valence-corrected chi connectivity index (χ0v) is 15.9. The van der Waals surface area contributed by atoms with Crippen LogP contribution < -0.4 is 16.0 Å². The molecule has 0 aliphatic heterocycles. The second kappa shape index (κ2) is 9.16. The molecule has 2 aromatic rings. The fourth-order valence-corrected chi connectivity index (χ4v) is 2.31. The number of ether oxygens (including phenoxy) is 1. The summed E-state index contributed by atoms with van der Waals surface area (Å²) in [7, 11) is 0. The van der Waals surface area contributed by atoms with Gasteiger partial charge in [0.25, 0.3) is 0 Å². The van der Waals surface area contributed by atoms with Gasteiger partial charge in [0.2, 0.25) is 0 Å². The highest BCUT2D eigenvalue weighted by atomic mass is 19.1. The SMILES string of the molecule is CC(C)(C)OC(=O)Nc1ccc(NC(=O)NCCc2cc(F)cc(F)c2)cc1. The highest BCUT2D eigenvalue weighted by Gasteiger charge is 2.16. The quantitative estimate of drug-likeness (QED) is 0.693. The number of halogens is 2. The van der Waals surface area contributed by atoms with Crippen LogP contribution in [-0.4, -0.2) is 24.3 Å². The van der Waals surface area contributed by atoms with Crippen molar-refractivity contribution in [2.75, 3.05) is 17.2 Å². The Kier molecular flexibility index (Phi) is 6.92. The Labute approximate surface area is 162 Å². The molecular weight excluding hydrogens is 368 g/mol. The first kappa shape index (κ1) is 21.1. The van der Waals surface area contributed by atoms with Crippen LogP contribution >= 0.6 is 0 Å². The Morgan fingerprint density at radius 2 is 1.46 bits per heavy atom. The van der Waals surface area contributed by atoms with Gasteiger partial charge in [-0.25, -0.2) is 18.4 Å². The number of carbonyl (C=O) groups excluding carboxylic acids is 2. The maximum absolute atomic E-state index is 13.1. The van der Waals surface area contributed by atoms with Gasteiger partial charge < -0.3 is 15.4 Å². The average Bonchev–Trinajstić information content (AvgIpc) is 2.54. The van der Waals surface area contributed by atoms with E-state index in [1.54, 1.807) is 45.0 Å². The maximum Gasteiger partial charge on any atom is 0.412 e. The van der Waals surface area contributed by atoms with Crippen LogP contribution in [-0.2, 0) is 11.2 Å². The molecule has 3 N–H and O–H groups in total. The largest absolute Gasteiger partial charge is 0.444 e. The lowest BCUT2D eigenvalue weighted by Gasteiger charge is -2.19. The van der Waals surface area contributed by atoms with E-state index in [0.717, 1.165) is 6.07 Å². The smallest absolute Gasteiger partial charge is 0.412 e. The molecule has 0 aromatic heterocycles. The van der Waals surface area contributed by atoms with Gasteiger partial charge in [-0.05, 0) is 69.2 Å². The van der Waals surface area contributed by atoms with Crippen molar-refractivity contribution in [1.82, 2.24) is 5.32 Å². The molecule has 0 bridgehead atoms. The molecule has 8 heteroatoms. The fourth-order valence-electron chi connectivity index (χ4n) is 2.31. The van der Waals surface area contributed by atoms with Crippen molar-refractivity contribution in [2.45, 2.75) is 32.8 Å². The highest BCUT2D eigenvalue weighted by molar-refractivity contribution is 5.90. The molecule has 6 nitrogen and oxygen atoms in total. The van der Waals surface area contributed by atoms with Crippen LogP contribution in [0.25, 0.3) is 0 Å². The number of nitrogens with one attached hydrogen (secondary N) is 3. The zero-order valence-electron chi connectivity index (χ0n) is 15.9. The second-order valence-corrected chi connectivity index (χ2v) is 7.11. The molecule has 2 aromatic carbocycles. The number of urea groups is 1. The van der Waals surface area contributed by atoms with Crippen LogP contribution in [0.3, 0.4) is 0 Å². The third-order valence-electron chi connectivity index (χ3n) is 3.41. The van der Waals surface area contributed by atoms with Gasteiger partial charge in [0.15, 0.2) is 0 Å².